The number of amides is 1. The molecule has 18 heavy (non-hydrogen) atoms. The summed E-state index contributed by atoms with van der Waals surface area (Å²) < 4.78 is 5.70. The van der Waals surface area contributed by atoms with Crippen molar-refractivity contribution in [1.82, 2.24) is 5.32 Å². The second-order valence-corrected chi connectivity index (χ2v) is 5.17. The van der Waals surface area contributed by atoms with Crippen LogP contribution in [0.4, 0.5) is 0 Å². The van der Waals surface area contributed by atoms with E-state index in [1.165, 1.54) is 0 Å². The molecule has 0 aliphatic rings. The summed E-state index contributed by atoms with van der Waals surface area (Å²) in [4.78, 5) is 12.8. The Kier molecular flexibility index (Phi) is 6.70. The fourth-order valence-corrected chi connectivity index (χ4v) is 2.13. The predicted molar refractivity (Wildman–Crippen MR) is 76.2 cm³/mol. The molecule has 1 unspecified atom stereocenters. The molecule has 1 aromatic carbocycles. The van der Waals surface area contributed by atoms with Crippen molar-refractivity contribution in [3.8, 4) is 0 Å². The highest BCUT2D eigenvalue weighted by molar-refractivity contribution is 9.10. The second-order valence-electron chi connectivity index (χ2n) is 3.80. The number of hydrogen-bond acceptors (Lipinski definition) is 4. The molecule has 0 aliphatic carbocycles. The molecule has 2 N–H and O–H groups in total. The van der Waals surface area contributed by atoms with E-state index >= 15 is 0 Å². The molecule has 0 radical (unpaired) electrons. The number of methoxy groups -OCH3 is 1. The number of benzene rings is 1. The van der Waals surface area contributed by atoms with Crippen LogP contribution in [-0.4, -0.2) is 37.4 Å². The van der Waals surface area contributed by atoms with Gasteiger partial charge in [-0.25, -0.2) is 0 Å². The fraction of sp³-hybridized carbons (Fsp3) is 0.417. The first-order valence-corrected chi connectivity index (χ1v) is 6.71. The van der Waals surface area contributed by atoms with Gasteiger partial charge in [-0.3, -0.25) is 4.79 Å². The molecule has 0 heterocycles. The highest BCUT2D eigenvalue weighted by Gasteiger charge is 2.15. The lowest BCUT2D eigenvalue weighted by Gasteiger charge is -2.17. The van der Waals surface area contributed by atoms with E-state index in [-0.39, 0.29) is 18.6 Å². The van der Waals surface area contributed by atoms with Crippen LogP contribution < -0.4 is 5.32 Å². The molecule has 4 nitrogen and oxygen atoms in total. The van der Waals surface area contributed by atoms with E-state index in [9.17, 15) is 4.79 Å². The van der Waals surface area contributed by atoms with Crippen LogP contribution >= 0.6 is 28.6 Å². The van der Waals surface area contributed by atoms with Gasteiger partial charge in [0.2, 0.25) is 0 Å². The zero-order valence-electron chi connectivity index (χ0n) is 10.0. The van der Waals surface area contributed by atoms with Crippen LogP contribution in [0.15, 0.2) is 27.6 Å². The van der Waals surface area contributed by atoms with Crippen molar-refractivity contribution < 1.29 is 14.6 Å². The summed E-state index contributed by atoms with van der Waals surface area (Å²) in [6.07, 6.45) is 0.456. The van der Waals surface area contributed by atoms with Gasteiger partial charge in [0, 0.05) is 23.1 Å². The highest BCUT2D eigenvalue weighted by atomic mass is 79.9. The largest absolute Gasteiger partial charge is 0.396 e. The van der Waals surface area contributed by atoms with E-state index in [1.807, 2.05) is 0 Å². The van der Waals surface area contributed by atoms with E-state index in [4.69, 9.17) is 9.84 Å². The standard InChI is InChI=1S/C12H16BrNO3S/c1-17-7-8(4-5-15)14-12(16)10-6-9(18)2-3-11(10)13/h2-3,6,8,15,18H,4-5,7H2,1H3,(H,14,16). The van der Waals surface area contributed by atoms with Crippen LogP contribution in [0.2, 0.25) is 0 Å². The van der Waals surface area contributed by atoms with Crippen molar-refractivity contribution in [3.63, 3.8) is 0 Å². The minimum Gasteiger partial charge on any atom is -0.396 e. The Labute approximate surface area is 120 Å². The first-order chi connectivity index (χ1) is 8.58. The van der Waals surface area contributed by atoms with Crippen molar-refractivity contribution in [1.29, 1.82) is 0 Å². The molecule has 0 saturated carbocycles. The first kappa shape index (κ1) is 15.5. The molecule has 0 fully saturated rings. The molecule has 0 spiro atoms. The molecule has 6 heteroatoms. The van der Waals surface area contributed by atoms with Gasteiger partial charge in [0.15, 0.2) is 0 Å². The van der Waals surface area contributed by atoms with Crippen molar-refractivity contribution >= 4 is 34.5 Å². The van der Waals surface area contributed by atoms with E-state index in [2.05, 4.69) is 33.9 Å². The van der Waals surface area contributed by atoms with E-state index in [0.29, 0.717) is 28.0 Å². The lowest BCUT2D eigenvalue weighted by molar-refractivity contribution is 0.0877. The van der Waals surface area contributed by atoms with Gasteiger partial charge in [-0.2, -0.15) is 0 Å². The number of carbonyl (C=O) groups is 1. The third kappa shape index (κ3) is 4.61. The lowest BCUT2D eigenvalue weighted by Crippen LogP contribution is -2.38. The monoisotopic (exact) mass is 333 g/mol. The van der Waals surface area contributed by atoms with E-state index in [1.54, 1.807) is 25.3 Å². The molecule has 0 aliphatic heterocycles. The maximum atomic E-state index is 12.1. The van der Waals surface area contributed by atoms with Crippen molar-refractivity contribution in [2.45, 2.75) is 17.4 Å². The number of aliphatic hydroxyl groups excluding tert-OH is 1. The summed E-state index contributed by atoms with van der Waals surface area (Å²) >= 11 is 7.53. The molecular weight excluding hydrogens is 318 g/mol. The van der Waals surface area contributed by atoms with Gasteiger partial charge in [-0.15, -0.1) is 12.6 Å². The molecule has 1 rings (SSSR count). The average Bonchev–Trinajstić information content (AvgIpc) is 2.33. The second kappa shape index (κ2) is 7.78. The van der Waals surface area contributed by atoms with Crippen LogP contribution in [0.5, 0.6) is 0 Å². The number of hydrogen-bond donors (Lipinski definition) is 3. The normalized spacial score (nSPS) is 12.2. The third-order valence-electron chi connectivity index (χ3n) is 2.38. The number of nitrogens with one attached hydrogen (secondary N) is 1. The highest BCUT2D eigenvalue weighted by Crippen LogP contribution is 2.20. The van der Waals surface area contributed by atoms with Gasteiger partial charge in [-0.05, 0) is 40.5 Å². The molecular formula is C12H16BrNO3S. The van der Waals surface area contributed by atoms with E-state index in [0.717, 1.165) is 0 Å². The van der Waals surface area contributed by atoms with Gasteiger partial charge in [0.05, 0.1) is 18.2 Å². The quantitative estimate of drug-likeness (QED) is 0.696. The molecule has 100 valence electrons. The number of halogens is 1. The Morgan fingerprint density at radius 2 is 2.33 bits per heavy atom. The average molecular weight is 334 g/mol. The maximum Gasteiger partial charge on any atom is 0.252 e. The number of ether oxygens (including phenoxy) is 1. The van der Waals surface area contributed by atoms with Crippen molar-refractivity contribution in [3.05, 3.63) is 28.2 Å². The molecule has 0 bridgehead atoms. The van der Waals surface area contributed by atoms with Crippen LogP contribution in [-0.2, 0) is 4.74 Å². The maximum absolute atomic E-state index is 12.1. The molecule has 1 amide bonds. The van der Waals surface area contributed by atoms with Crippen molar-refractivity contribution in [2.75, 3.05) is 20.3 Å². The number of carbonyl (C=O) groups excluding carboxylic acids is 1. The molecule has 1 aromatic rings. The Morgan fingerprint density at radius 3 is 2.94 bits per heavy atom. The topological polar surface area (TPSA) is 58.6 Å². The van der Waals surface area contributed by atoms with Crippen molar-refractivity contribution in [2.24, 2.45) is 0 Å². The Hall–Kier alpha value is -0.560. The number of aliphatic hydroxyl groups is 1. The van der Waals surface area contributed by atoms with E-state index < -0.39 is 0 Å². The Balaban J connectivity index is 2.76. The summed E-state index contributed by atoms with van der Waals surface area (Å²) in [5.41, 5.74) is 0.515. The minimum absolute atomic E-state index is 0.00207. The Bertz CT molecular complexity index is 408. The zero-order valence-corrected chi connectivity index (χ0v) is 12.5. The predicted octanol–water partition coefficient (Wildman–Crippen LogP) is 1.86. The first-order valence-electron chi connectivity index (χ1n) is 5.47. The van der Waals surface area contributed by atoms with Gasteiger partial charge < -0.3 is 15.2 Å². The third-order valence-corrected chi connectivity index (χ3v) is 3.34. The zero-order chi connectivity index (χ0) is 13.5. The van der Waals surface area contributed by atoms with Gasteiger partial charge in [-0.1, -0.05) is 0 Å². The SMILES string of the molecule is COCC(CCO)NC(=O)c1cc(S)ccc1Br. The number of rotatable bonds is 6. The summed E-state index contributed by atoms with van der Waals surface area (Å²) in [5.74, 6) is -0.215. The van der Waals surface area contributed by atoms with Gasteiger partial charge >= 0.3 is 0 Å². The number of thiol groups is 1. The van der Waals surface area contributed by atoms with Gasteiger partial charge in [0.1, 0.15) is 0 Å². The summed E-state index contributed by atoms with van der Waals surface area (Å²) in [6, 6.07) is 5.05. The summed E-state index contributed by atoms with van der Waals surface area (Å²) in [6.45, 7) is 0.368. The molecule has 0 aromatic heterocycles. The summed E-state index contributed by atoms with van der Waals surface area (Å²) in [5, 5.41) is 11.7. The molecule has 1 atom stereocenters. The summed E-state index contributed by atoms with van der Waals surface area (Å²) in [7, 11) is 1.56. The van der Waals surface area contributed by atoms with Crippen LogP contribution in [0.1, 0.15) is 16.8 Å². The smallest absolute Gasteiger partial charge is 0.252 e. The fourth-order valence-electron chi connectivity index (χ4n) is 1.50. The Morgan fingerprint density at radius 1 is 1.61 bits per heavy atom. The minimum atomic E-state index is -0.215. The van der Waals surface area contributed by atoms with Crippen LogP contribution in [0.25, 0.3) is 0 Å². The van der Waals surface area contributed by atoms with Gasteiger partial charge in [0.25, 0.3) is 5.91 Å². The van der Waals surface area contributed by atoms with Crippen LogP contribution in [0, 0.1) is 0 Å². The van der Waals surface area contributed by atoms with Crippen LogP contribution in [0.3, 0.4) is 0 Å². The lowest BCUT2D eigenvalue weighted by atomic mass is 10.1. The molecule has 0 saturated heterocycles.